The fraction of sp³-hybridized carbons (Fsp3) is 0.929. The van der Waals surface area contributed by atoms with Crippen molar-refractivity contribution in [1.82, 2.24) is 10.2 Å². The van der Waals surface area contributed by atoms with E-state index in [4.69, 9.17) is 0 Å². The molecule has 1 amide bonds. The van der Waals surface area contributed by atoms with Gasteiger partial charge in [0.05, 0.1) is 12.2 Å². The van der Waals surface area contributed by atoms with Crippen molar-refractivity contribution in [3.8, 4) is 0 Å². The van der Waals surface area contributed by atoms with Gasteiger partial charge in [0.15, 0.2) is 0 Å². The van der Waals surface area contributed by atoms with E-state index >= 15 is 0 Å². The number of hydrogen-bond acceptors (Lipinski definition) is 3. The minimum Gasteiger partial charge on any atom is -0.325 e. The number of halogens is 3. The van der Waals surface area contributed by atoms with Crippen molar-refractivity contribution in [3.05, 3.63) is 0 Å². The van der Waals surface area contributed by atoms with Crippen LogP contribution in [0.4, 0.5) is 13.2 Å². The lowest BCUT2D eigenvalue weighted by Crippen LogP contribution is -2.43. The molecule has 0 bridgehead atoms. The molecule has 1 heterocycles. The number of carbonyl (C=O) groups is 1. The highest BCUT2D eigenvalue weighted by atomic mass is 32.2. The van der Waals surface area contributed by atoms with Crippen LogP contribution >= 0.6 is 11.8 Å². The van der Waals surface area contributed by atoms with Gasteiger partial charge in [-0.3, -0.25) is 10.1 Å². The van der Waals surface area contributed by atoms with E-state index in [9.17, 15) is 18.0 Å². The van der Waals surface area contributed by atoms with E-state index in [2.05, 4.69) is 5.32 Å². The largest absolute Gasteiger partial charge is 0.441 e. The highest BCUT2D eigenvalue weighted by Crippen LogP contribution is 2.34. The highest BCUT2D eigenvalue weighted by Gasteiger charge is 2.44. The Bertz CT molecular complexity index is 370. The number of nitrogens with one attached hydrogen (secondary N) is 1. The van der Waals surface area contributed by atoms with Crippen molar-refractivity contribution >= 4 is 17.7 Å². The predicted molar refractivity (Wildman–Crippen MR) is 77.7 cm³/mol. The second-order valence-electron chi connectivity index (χ2n) is 6.20. The van der Waals surface area contributed by atoms with Gasteiger partial charge in [-0.15, -0.1) is 0 Å². The average molecular weight is 324 g/mol. The van der Waals surface area contributed by atoms with E-state index in [-0.39, 0.29) is 48.1 Å². The molecule has 7 heteroatoms. The van der Waals surface area contributed by atoms with Crippen LogP contribution in [0.5, 0.6) is 0 Å². The van der Waals surface area contributed by atoms with Gasteiger partial charge in [0.2, 0.25) is 5.91 Å². The maximum atomic E-state index is 12.4. The van der Waals surface area contributed by atoms with E-state index in [0.717, 1.165) is 25.7 Å². The van der Waals surface area contributed by atoms with Gasteiger partial charge in [-0.1, -0.05) is 26.7 Å². The minimum atomic E-state index is -4.23. The van der Waals surface area contributed by atoms with Crippen molar-refractivity contribution in [2.45, 2.75) is 57.2 Å². The minimum absolute atomic E-state index is 0.0373. The maximum absolute atomic E-state index is 12.4. The average Bonchev–Trinajstić information content (AvgIpc) is 2.96. The van der Waals surface area contributed by atoms with Gasteiger partial charge in [0.25, 0.3) is 0 Å². The monoisotopic (exact) mass is 324 g/mol. The summed E-state index contributed by atoms with van der Waals surface area (Å²) < 4.78 is 36.8. The first kappa shape index (κ1) is 16.9. The second-order valence-corrected chi connectivity index (χ2v) is 7.36. The van der Waals surface area contributed by atoms with Gasteiger partial charge < -0.3 is 4.90 Å². The maximum Gasteiger partial charge on any atom is 0.441 e. The summed E-state index contributed by atoms with van der Waals surface area (Å²) in [5.74, 6) is 0.408. The lowest BCUT2D eigenvalue weighted by molar-refractivity contribution is -0.131. The molecule has 1 saturated heterocycles. The zero-order chi connectivity index (χ0) is 15.6. The van der Waals surface area contributed by atoms with Crippen LogP contribution in [-0.4, -0.2) is 40.8 Å². The molecule has 1 saturated carbocycles. The van der Waals surface area contributed by atoms with Crippen molar-refractivity contribution in [2.24, 2.45) is 11.8 Å². The van der Waals surface area contributed by atoms with Crippen LogP contribution in [0.1, 0.15) is 39.5 Å². The van der Waals surface area contributed by atoms with Crippen molar-refractivity contribution in [2.75, 3.05) is 12.3 Å². The van der Waals surface area contributed by atoms with Crippen LogP contribution in [0.15, 0.2) is 0 Å². The van der Waals surface area contributed by atoms with E-state index in [1.807, 2.05) is 13.8 Å². The summed E-state index contributed by atoms with van der Waals surface area (Å²) in [5, 5.41) is 3.37. The van der Waals surface area contributed by atoms with Crippen molar-refractivity contribution in [3.63, 3.8) is 0 Å². The molecule has 0 radical (unpaired) electrons. The third-order valence-corrected chi connectivity index (χ3v) is 5.06. The lowest BCUT2D eigenvalue weighted by atomic mass is 10.0. The van der Waals surface area contributed by atoms with Crippen LogP contribution in [0.2, 0.25) is 0 Å². The van der Waals surface area contributed by atoms with E-state index < -0.39 is 5.51 Å². The number of alkyl halides is 3. The summed E-state index contributed by atoms with van der Waals surface area (Å²) in [6.45, 7) is 4.10. The second kappa shape index (κ2) is 6.77. The van der Waals surface area contributed by atoms with Crippen molar-refractivity contribution < 1.29 is 18.0 Å². The first-order valence-electron chi connectivity index (χ1n) is 7.57. The summed E-state index contributed by atoms with van der Waals surface area (Å²) in [5.41, 5.74) is -4.23. The molecule has 2 rings (SSSR count). The van der Waals surface area contributed by atoms with Gasteiger partial charge in [0, 0.05) is 12.3 Å². The standard InChI is InChI=1S/C14H23F3N2OS/c1-9(2)11-13(20)19(7-8-21-14(15,16)17)12(18-11)10-5-3-4-6-10/h9-12,18H,3-8H2,1-2H3. The molecule has 0 aromatic rings. The summed E-state index contributed by atoms with van der Waals surface area (Å²) in [7, 11) is 0. The smallest absolute Gasteiger partial charge is 0.325 e. The summed E-state index contributed by atoms with van der Waals surface area (Å²) >= 11 is -0.0450. The summed E-state index contributed by atoms with van der Waals surface area (Å²) in [6.07, 6.45) is 4.32. The molecular formula is C14H23F3N2OS. The van der Waals surface area contributed by atoms with E-state index in [1.54, 1.807) is 4.90 Å². The van der Waals surface area contributed by atoms with Crippen LogP contribution < -0.4 is 5.32 Å². The third kappa shape index (κ3) is 4.28. The first-order valence-corrected chi connectivity index (χ1v) is 8.55. The Balaban J connectivity index is 2.00. The number of nitrogens with zero attached hydrogens (tertiary/aromatic N) is 1. The Kier molecular flexibility index (Phi) is 5.46. The molecule has 0 aromatic carbocycles. The number of rotatable bonds is 5. The van der Waals surface area contributed by atoms with Gasteiger partial charge in [0.1, 0.15) is 0 Å². The first-order chi connectivity index (χ1) is 9.79. The van der Waals surface area contributed by atoms with Gasteiger partial charge in [-0.25, -0.2) is 0 Å². The normalized spacial score (nSPS) is 28.1. The number of hydrogen-bond donors (Lipinski definition) is 1. The Morgan fingerprint density at radius 1 is 1.33 bits per heavy atom. The Hall–Kier alpha value is -0.430. The van der Waals surface area contributed by atoms with Crippen LogP contribution in [0.3, 0.4) is 0 Å². The van der Waals surface area contributed by atoms with Crippen LogP contribution in [0, 0.1) is 11.8 Å². The Labute approximate surface area is 128 Å². The Morgan fingerprint density at radius 2 is 1.95 bits per heavy atom. The quantitative estimate of drug-likeness (QED) is 0.843. The topological polar surface area (TPSA) is 32.3 Å². The highest BCUT2D eigenvalue weighted by molar-refractivity contribution is 8.00. The summed E-state index contributed by atoms with van der Waals surface area (Å²) in [4.78, 5) is 14.1. The van der Waals surface area contributed by atoms with Crippen molar-refractivity contribution in [1.29, 1.82) is 0 Å². The molecule has 3 nitrogen and oxygen atoms in total. The molecule has 2 unspecified atom stereocenters. The molecule has 2 fully saturated rings. The summed E-state index contributed by atoms with van der Waals surface area (Å²) in [6, 6.07) is -0.258. The fourth-order valence-electron chi connectivity index (χ4n) is 3.31. The Morgan fingerprint density at radius 3 is 2.48 bits per heavy atom. The molecule has 1 N–H and O–H groups in total. The number of carbonyl (C=O) groups excluding carboxylic acids is 1. The molecule has 122 valence electrons. The molecular weight excluding hydrogens is 301 g/mol. The zero-order valence-corrected chi connectivity index (χ0v) is 13.3. The lowest BCUT2D eigenvalue weighted by Gasteiger charge is -2.29. The number of amides is 1. The van der Waals surface area contributed by atoms with E-state index in [0.29, 0.717) is 5.92 Å². The van der Waals surface area contributed by atoms with Gasteiger partial charge >= 0.3 is 5.51 Å². The molecule has 0 aromatic heterocycles. The van der Waals surface area contributed by atoms with Gasteiger partial charge in [-0.2, -0.15) is 13.2 Å². The number of thioether (sulfide) groups is 1. The third-order valence-electron chi connectivity index (χ3n) is 4.35. The molecule has 21 heavy (non-hydrogen) atoms. The van der Waals surface area contributed by atoms with Gasteiger partial charge in [-0.05, 0) is 36.4 Å². The fourth-order valence-corrected chi connectivity index (χ4v) is 3.83. The molecule has 2 aliphatic rings. The molecule has 2 atom stereocenters. The predicted octanol–water partition coefficient (Wildman–Crippen LogP) is 3.21. The SMILES string of the molecule is CC(C)C1NC(C2CCCC2)N(CCSC(F)(F)F)C1=O. The molecule has 1 aliphatic heterocycles. The molecule has 0 spiro atoms. The van der Waals surface area contributed by atoms with E-state index in [1.165, 1.54) is 0 Å². The van der Waals surface area contributed by atoms with Crippen LogP contribution in [0.25, 0.3) is 0 Å². The van der Waals surface area contributed by atoms with Crippen LogP contribution in [-0.2, 0) is 4.79 Å². The zero-order valence-electron chi connectivity index (χ0n) is 12.4. The molecule has 1 aliphatic carbocycles.